The zero-order valence-electron chi connectivity index (χ0n) is 11.0. The lowest BCUT2D eigenvalue weighted by Gasteiger charge is -2.07. The van der Waals surface area contributed by atoms with Crippen LogP contribution in [0.25, 0.3) is 0 Å². The molecule has 0 unspecified atom stereocenters. The number of rotatable bonds is 7. The summed E-state index contributed by atoms with van der Waals surface area (Å²) in [5.41, 5.74) is 0.440. The quantitative estimate of drug-likeness (QED) is 0.610. The molecule has 0 saturated heterocycles. The van der Waals surface area contributed by atoms with Crippen molar-refractivity contribution in [2.24, 2.45) is 0 Å². The van der Waals surface area contributed by atoms with E-state index in [2.05, 4.69) is 19.8 Å². The predicted octanol–water partition coefficient (Wildman–Crippen LogP) is 1.77. The van der Waals surface area contributed by atoms with Crippen LogP contribution >= 0.6 is 11.3 Å². The molecule has 0 spiro atoms. The highest BCUT2D eigenvalue weighted by Crippen LogP contribution is 2.17. The van der Waals surface area contributed by atoms with Gasteiger partial charge in [0.1, 0.15) is 6.61 Å². The van der Waals surface area contributed by atoms with Gasteiger partial charge in [0.2, 0.25) is 5.91 Å². The summed E-state index contributed by atoms with van der Waals surface area (Å²) in [4.78, 5) is 26.4. The highest BCUT2D eigenvalue weighted by Gasteiger charge is 2.27. The molecule has 21 heavy (non-hydrogen) atoms. The molecule has 0 bridgehead atoms. The van der Waals surface area contributed by atoms with Crippen LogP contribution in [0.5, 0.6) is 0 Å². The average molecular weight is 326 g/mol. The first-order valence-electron chi connectivity index (χ1n) is 5.75. The van der Waals surface area contributed by atoms with Crippen LogP contribution in [0.4, 0.5) is 18.3 Å². The highest BCUT2D eigenvalue weighted by atomic mass is 32.1. The first kappa shape index (κ1) is 17.4. The number of hydrogen-bond donors (Lipinski definition) is 1. The van der Waals surface area contributed by atoms with Crippen LogP contribution in [0.3, 0.4) is 0 Å². The van der Waals surface area contributed by atoms with Crippen molar-refractivity contribution in [3.05, 3.63) is 11.1 Å². The second-order valence-corrected chi connectivity index (χ2v) is 4.72. The fourth-order valence-corrected chi connectivity index (χ4v) is 1.93. The van der Waals surface area contributed by atoms with Gasteiger partial charge in [0.05, 0.1) is 32.3 Å². The van der Waals surface area contributed by atoms with Gasteiger partial charge in [-0.25, -0.2) is 4.98 Å². The number of hydrogen-bond acceptors (Lipinski definition) is 6. The zero-order chi connectivity index (χ0) is 15.9. The molecule has 1 aromatic heterocycles. The molecule has 0 radical (unpaired) electrons. The van der Waals surface area contributed by atoms with E-state index in [1.54, 1.807) is 5.38 Å². The Bertz CT molecular complexity index is 490. The third-order valence-corrected chi connectivity index (χ3v) is 2.90. The van der Waals surface area contributed by atoms with Gasteiger partial charge >= 0.3 is 12.1 Å². The first-order chi connectivity index (χ1) is 9.80. The zero-order valence-corrected chi connectivity index (χ0v) is 11.8. The number of carbonyl (C=O) groups excluding carboxylic acids is 2. The standard InChI is InChI=1S/C11H13F3N2O4S/c1-19-9(18)4-7-5-21-10(15-7)16-8(17)2-3-20-6-11(12,13)14/h5H,2-4,6H2,1H3,(H,15,16,17). The first-order valence-corrected chi connectivity index (χ1v) is 6.63. The number of alkyl halides is 3. The summed E-state index contributed by atoms with van der Waals surface area (Å²) in [6, 6.07) is 0. The van der Waals surface area contributed by atoms with Gasteiger partial charge in [-0.15, -0.1) is 11.3 Å². The lowest BCUT2D eigenvalue weighted by Crippen LogP contribution is -2.20. The predicted molar refractivity (Wildman–Crippen MR) is 68.0 cm³/mol. The Morgan fingerprint density at radius 1 is 1.43 bits per heavy atom. The minimum Gasteiger partial charge on any atom is -0.469 e. The van der Waals surface area contributed by atoms with Crippen molar-refractivity contribution in [2.75, 3.05) is 25.6 Å². The smallest absolute Gasteiger partial charge is 0.411 e. The van der Waals surface area contributed by atoms with Crippen molar-refractivity contribution >= 4 is 28.3 Å². The third kappa shape index (κ3) is 7.61. The molecule has 1 rings (SSSR count). The van der Waals surface area contributed by atoms with Crippen molar-refractivity contribution in [1.82, 2.24) is 4.98 Å². The van der Waals surface area contributed by atoms with Crippen molar-refractivity contribution < 1.29 is 32.2 Å². The molecule has 1 N–H and O–H groups in total. The van der Waals surface area contributed by atoms with E-state index in [-0.39, 0.29) is 24.6 Å². The Balaban J connectivity index is 2.30. The maximum atomic E-state index is 11.8. The van der Waals surface area contributed by atoms with Crippen molar-refractivity contribution in [3.63, 3.8) is 0 Å². The number of anilines is 1. The molecule has 0 aliphatic rings. The number of carbonyl (C=O) groups is 2. The molecule has 1 aromatic rings. The van der Waals surface area contributed by atoms with Crippen molar-refractivity contribution in [1.29, 1.82) is 0 Å². The van der Waals surface area contributed by atoms with Gasteiger partial charge < -0.3 is 14.8 Å². The molecular weight excluding hydrogens is 313 g/mol. The van der Waals surface area contributed by atoms with E-state index in [0.29, 0.717) is 5.69 Å². The number of esters is 1. The number of nitrogens with zero attached hydrogens (tertiary/aromatic N) is 1. The van der Waals surface area contributed by atoms with Gasteiger partial charge in [-0.3, -0.25) is 9.59 Å². The van der Waals surface area contributed by atoms with E-state index in [1.807, 2.05) is 0 Å². The van der Waals surface area contributed by atoms with Gasteiger partial charge in [-0.05, 0) is 0 Å². The molecule has 1 heterocycles. The number of nitrogens with one attached hydrogen (secondary N) is 1. The minimum absolute atomic E-state index is 0.0163. The van der Waals surface area contributed by atoms with Crippen LogP contribution in [-0.4, -0.2) is 43.4 Å². The lowest BCUT2D eigenvalue weighted by molar-refractivity contribution is -0.174. The number of thiazole rings is 1. The van der Waals surface area contributed by atoms with Crippen LogP contribution in [0, 0.1) is 0 Å². The summed E-state index contributed by atoms with van der Waals surface area (Å²) < 4.78 is 44.2. The van der Waals surface area contributed by atoms with E-state index >= 15 is 0 Å². The Morgan fingerprint density at radius 3 is 2.76 bits per heavy atom. The van der Waals surface area contributed by atoms with Gasteiger partial charge in [-0.2, -0.15) is 13.2 Å². The maximum absolute atomic E-state index is 11.8. The third-order valence-electron chi connectivity index (χ3n) is 2.09. The van der Waals surface area contributed by atoms with Crippen LogP contribution in [0.2, 0.25) is 0 Å². The Morgan fingerprint density at radius 2 is 2.14 bits per heavy atom. The molecule has 0 aliphatic heterocycles. The van der Waals surface area contributed by atoms with E-state index in [1.165, 1.54) is 7.11 Å². The van der Waals surface area contributed by atoms with Gasteiger partial charge in [-0.1, -0.05) is 0 Å². The van der Waals surface area contributed by atoms with Crippen LogP contribution in [0.1, 0.15) is 12.1 Å². The fraction of sp³-hybridized carbons (Fsp3) is 0.545. The van der Waals surface area contributed by atoms with E-state index in [0.717, 1.165) is 11.3 Å². The van der Waals surface area contributed by atoms with Gasteiger partial charge in [0.25, 0.3) is 0 Å². The largest absolute Gasteiger partial charge is 0.469 e. The number of methoxy groups -OCH3 is 1. The summed E-state index contributed by atoms with van der Waals surface area (Å²) in [6.07, 6.45) is -4.64. The van der Waals surface area contributed by atoms with Crippen LogP contribution < -0.4 is 5.32 Å². The minimum atomic E-state index is -4.41. The summed E-state index contributed by atoms with van der Waals surface area (Å²) in [6.45, 7) is -1.73. The molecule has 118 valence electrons. The fourth-order valence-electron chi connectivity index (χ4n) is 1.20. The number of halogens is 3. The second kappa shape index (κ2) is 7.93. The average Bonchev–Trinajstić information content (AvgIpc) is 2.80. The maximum Gasteiger partial charge on any atom is 0.411 e. The van der Waals surface area contributed by atoms with Crippen LogP contribution in [0.15, 0.2) is 5.38 Å². The Hall–Kier alpha value is -1.68. The topological polar surface area (TPSA) is 77.5 Å². The van der Waals surface area contributed by atoms with Gasteiger partial charge in [0, 0.05) is 5.38 Å². The second-order valence-electron chi connectivity index (χ2n) is 3.86. The molecule has 6 nitrogen and oxygen atoms in total. The summed E-state index contributed by atoms with van der Waals surface area (Å²) in [7, 11) is 1.25. The van der Waals surface area contributed by atoms with E-state index in [9.17, 15) is 22.8 Å². The molecule has 0 aromatic carbocycles. The molecule has 0 atom stereocenters. The number of aromatic nitrogens is 1. The molecule has 0 fully saturated rings. The molecule has 10 heteroatoms. The molecular formula is C11H13F3N2O4S. The van der Waals surface area contributed by atoms with Crippen molar-refractivity contribution in [2.45, 2.75) is 19.0 Å². The van der Waals surface area contributed by atoms with E-state index < -0.39 is 24.7 Å². The highest BCUT2D eigenvalue weighted by molar-refractivity contribution is 7.13. The monoisotopic (exact) mass is 326 g/mol. The normalized spacial score (nSPS) is 11.2. The number of ether oxygens (including phenoxy) is 2. The molecule has 1 amide bonds. The molecule has 0 aliphatic carbocycles. The number of amides is 1. The van der Waals surface area contributed by atoms with Gasteiger partial charge in [0.15, 0.2) is 5.13 Å². The summed E-state index contributed by atoms with van der Waals surface area (Å²) in [5.74, 6) is -0.977. The Labute approximate surface area is 122 Å². The van der Waals surface area contributed by atoms with Crippen molar-refractivity contribution in [3.8, 4) is 0 Å². The Kier molecular flexibility index (Phi) is 6.56. The molecule has 0 saturated carbocycles. The SMILES string of the molecule is COC(=O)Cc1csc(NC(=O)CCOCC(F)(F)F)n1. The van der Waals surface area contributed by atoms with E-state index in [4.69, 9.17) is 0 Å². The summed E-state index contributed by atoms with van der Waals surface area (Å²) >= 11 is 1.10. The van der Waals surface area contributed by atoms with Crippen LogP contribution in [-0.2, 0) is 25.5 Å². The lowest BCUT2D eigenvalue weighted by atomic mass is 10.3. The summed E-state index contributed by atoms with van der Waals surface area (Å²) in [5, 5.41) is 4.24.